The van der Waals surface area contributed by atoms with Crippen LogP contribution in [0.25, 0.3) is 0 Å². The van der Waals surface area contributed by atoms with Gasteiger partial charge < -0.3 is 48.5 Å². The number of nitrogens with one attached hydrogen (secondary N) is 3. The van der Waals surface area contributed by atoms with Gasteiger partial charge in [0.15, 0.2) is 6.04 Å². The molecule has 37 heavy (non-hydrogen) atoms. The highest BCUT2D eigenvalue weighted by Gasteiger charge is 2.32. The minimum atomic E-state index is -1.72. The van der Waals surface area contributed by atoms with E-state index in [0.29, 0.717) is 5.56 Å². The molecule has 0 bridgehead atoms. The number of rotatable bonds is 15. The molecule has 0 heterocycles. The van der Waals surface area contributed by atoms with Crippen molar-refractivity contribution in [2.24, 2.45) is 17.2 Å². The normalized spacial score (nSPS) is 14.8. The standard InChI is InChI=1S/C22H32N6O9/c1-10(29)18(22(36)37)28-20(34)14(6-7-16(24)31)26-21(35)15(9-17(25)32)27-19(33)13(23)8-11-2-4-12(30)5-3-11/h2-5,10,13-15,18,29-30H,6-9,23H2,1H3,(H2,24,31)(H2,25,32)(H,26,35)(H,27,33)(H,28,34)(H,36,37). The molecular weight excluding hydrogens is 492 g/mol. The lowest BCUT2D eigenvalue weighted by Crippen LogP contribution is -2.59. The number of primary amides is 2. The van der Waals surface area contributed by atoms with Crippen molar-refractivity contribution in [3.63, 3.8) is 0 Å². The Morgan fingerprint density at radius 2 is 1.41 bits per heavy atom. The molecule has 1 aromatic carbocycles. The van der Waals surface area contributed by atoms with Gasteiger partial charge in [-0.05, 0) is 37.5 Å². The van der Waals surface area contributed by atoms with Gasteiger partial charge in [-0.25, -0.2) is 4.79 Å². The Morgan fingerprint density at radius 3 is 1.89 bits per heavy atom. The summed E-state index contributed by atoms with van der Waals surface area (Å²) < 4.78 is 0. The summed E-state index contributed by atoms with van der Waals surface area (Å²) in [5, 5.41) is 34.7. The Labute approximate surface area is 211 Å². The molecule has 0 aliphatic heterocycles. The molecule has 0 saturated heterocycles. The third-order valence-corrected chi connectivity index (χ3v) is 5.13. The molecule has 1 aromatic rings. The number of aliphatic hydroxyl groups is 1. The first-order valence-electron chi connectivity index (χ1n) is 11.1. The molecule has 5 unspecified atom stereocenters. The van der Waals surface area contributed by atoms with Crippen LogP contribution < -0.4 is 33.2 Å². The van der Waals surface area contributed by atoms with Crippen LogP contribution in [0.15, 0.2) is 24.3 Å². The van der Waals surface area contributed by atoms with Crippen LogP contribution in [0.5, 0.6) is 5.75 Å². The van der Waals surface area contributed by atoms with Crippen LogP contribution in [0, 0.1) is 0 Å². The average Bonchev–Trinajstić information content (AvgIpc) is 2.79. The lowest BCUT2D eigenvalue weighted by atomic mass is 10.0. The molecule has 0 aromatic heterocycles. The number of hydrogen-bond donors (Lipinski definition) is 9. The van der Waals surface area contributed by atoms with E-state index in [1.807, 2.05) is 5.32 Å². The summed E-state index contributed by atoms with van der Waals surface area (Å²) in [7, 11) is 0. The zero-order chi connectivity index (χ0) is 28.3. The number of phenols is 1. The number of phenolic OH excluding ortho intramolecular Hbond substituents is 1. The minimum absolute atomic E-state index is 0.0121. The first-order valence-corrected chi connectivity index (χ1v) is 11.1. The SMILES string of the molecule is CC(O)C(NC(=O)C(CCC(N)=O)NC(=O)C(CC(N)=O)NC(=O)C(N)Cc1ccc(O)cc1)C(=O)O. The molecule has 204 valence electrons. The number of carbonyl (C=O) groups excluding carboxylic acids is 5. The summed E-state index contributed by atoms with van der Waals surface area (Å²) >= 11 is 0. The molecule has 0 aliphatic rings. The predicted octanol–water partition coefficient (Wildman–Crippen LogP) is -3.68. The summed E-state index contributed by atoms with van der Waals surface area (Å²) in [6.07, 6.45) is -2.87. The topological polar surface area (TPSA) is 277 Å². The van der Waals surface area contributed by atoms with Crippen LogP contribution in [0.4, 0.5) is 0 Å². The quantitative estimate of drug-likeness (QED) is 0.108. The van der Waals surface area contributed by atoms with Crippen molar-refractivity contribution < 1.29 is 44.1 Å². The van der Waals surface area contributed by atoms with Crippen LogP contribution in [0.1, 0.15) is 31.7 Å². The van der Waals surface area contributed by atoms with Crippen LogP contribution >= 0.6 is 0 Å². The van der Waals surface area contributed by atoms with Gasteiger partial charge in [0, 0.05) is 6.42 Å². The maximum Gasteiger partial charge on any atom is 0.328 e. The van der Waals surface area contributed by atoms with Gasteiger partial charge in [-0.1, -0.05) is 12.1 Å². The number of aliphatic carboxylic acids is 1. The first-order chi connectivity index (χ1) is 17.2. The molecule has 0 saturated carbocycles. The van der Waals surface area contributed by atoms with Crippen LogP contribution in [0.2, 0.25) is 0 Å². The molecule has 0 fully saturated rings. The number of amides is 5. The van der Waals surface area contributed by atoms with Crippen molar-refractivity contribution in [1.29, 1.82) is 0 Å². The van der Waals surface area contributed by atoms with Gasteiger partial charge in [-0.3, -0.25) is 24.0 Å². The summed E-state index contributed by atoms with van der Waals surface area (Å²) in [6.45, 7) is 1.12. The number of aliphatic hydroxyl groups excluding tert-OH is 1. The molecule has 5 atom stereocenters. The van der Waals surface area contributed by atoms with Crippen LogP contribution in [-0.2, 0) is 35.2 Å². The van der Waals surface area contributed by atoms with Crippen molar-refractivity contribution in [3.05, 3.63) is 29.8 Å². The van der Waals surface area contributed by atoms with Gasteiger partial charge in [0.2, 0.25) is 29.5 Å². The van der Waals surface area contributed by atoms with Gasteiger partial charge in [-0.2, -0.15) is 0 Å². The third kappa shape index (κ3) is 10.9. The van der Waals surface area contributed by atoms with Crippen molar-refractivity contribution >= 4 is 35.5 Å². The van der Waals surface area contributed by atoms with Crippen LogP contribution in [0.3, 0.4) is 0 Å². The fourth-order valence-corrected chi connectivity index (χ4v) is 3.14. The van der Waals surface area contributed by atoms with Gasteiger partial charge in [-0.15, -0.1) is 0 Å². The zero-order valence-corrected chi connectivity index (χ0v) is 20.0. The Kier molecular flexibility index (Phi) is 11.9. The molecule has 15 nitrogen and oxygen atoms in total. The van der Waals surface area contributed by atoms with Crippen LogP contribution in [-0.4, -0.2) is 81.1 Å². The van der Waals surface area contributed by atoms with E-state index in [1.165, 1.54) is 24.3 Å². The number of carboxylic acid groups (broad SMARTS) is 1. The lowest BCUT2D eigenvalue weighted by Gasteiger charge is -2.25. The smallest absolute Gasteiger partial charge is 0.328 e. The van der Waals surface area contributed by atoms with E-state index in [-0.39, 0.29) is 25.0 Å². The summed E-state index contributed by atoms with van der Waals surface area (Å²) in [6, 6.07) is -0.0976. The number of nitrogens with two attached hydrogens (primary N) is 3. The van der Waals surface area contributed by atoms with Crippen molar-refractivity contribution in [2.45, 2.75) is 62.9 Å². The second kappa shape index (κ2) is 14.4. The number of carbonyl (C=O) groups is 6. The highest BCUT2D eigenvalue weighted by molar-refractivity contribution is 5.96. The predicted molar refractivity (Wildman–Crippen MR) is 127 cm³/mol. The Bertz CT molecular complexity index is 999. The molecule has 5 amide bonds. The van der Waals surface area contributed by atoms with E-state index >= 15 is 0 Å². The first kappa shape index (κ1) is 30.8. The molecule has 0 aliphatic carbocycles. The maximum absolute atomic E-state index is 12.9. The van der Waals surface area contributed by atoms with Crippen molar-refractivity contribution in [3.8, 4) is 5.75 Å². The van der Waals surface area contributed by atoms with Gasteiger partial charge >= 0.3 is 5.97 Å². The summed E-state index contributed by atoms with van der Waals surface area (Å²) in [4.78, 5) is 72.1. The molecule has 15 heteroatoms. The number of aromatic hydroxyl groups is 1. The van der Waals surface area contributed by atoms with Gasteiger partial charge in [0.05, 0.1) is 18.6 Å². The largest absolute Gasteiger partial charge is 0.508 e. The van der Waals surface area contributed by atoms with E-state index in [9.17, 15) is 44.1 Å². The highest BCUT2D eigenvalue weighted by Crippen LogP contribution is 2.11. The second-order valence-corrected chi connectivity index (χ2v) is 8.34. The average molecular weight is 525 g/mol. The van der Waals surface area contributed by atoms with E-state index in [1.54, 1.807) is 0 Å². The monoisotopic (exact) mass is 524 g/mol. The van der Waals surface area contributed by atoms with E-state index in [0.717, 1.165) is 6.92 Å². The van der Waals surface area contributed by atoms with E-state index < -0.39 is 72.2 Å². The Balaban J connectivity index is 3.00. The molecule has 1 rings (SSSR count). The number of benzene rings is 1. The van der Waals surface area contributed by atoms with Crippen molar-refractivity contribution in [1.82, 2.24) is 16.0 Å². The van der Waals surface area contributed by atoms with E-state index in [4.69, 9.17) is 17.2 Å². The Morgan fingerprint density at radius 1 is 0.865 bits per heavy atom. The molecule has 0 radical (unpaired) electrons. The number of carboxylic acids is 1. The third-order valence-electron chi connectivity index (χ3n) is 5.13. The zero-order valence-electron chi connectivity index (χ0n) is 20.0. The number of hydrogen-bond acceptors (Lipinski definition) is 9. The highest BCUT2D eigenvalue weighted by atomic mass is 16.4. The lowest BCUT2D eigenvalue weighted by molar-refractivity contribution is -0.145. The van der Waals surface area contributed by atoms with Gasteiger partial charge in [0.1, 0.15) is 17.8 Å². The van der Waals surface area contributed by atoms with Gasteiger partial charge in [0.25, 0.3) is 0 Å². The minimum Gasteiger partial charge on any atom is -0.508 e. The fraction of sp³-hybridized carbons (Fsp3) is 0.455. The van der Waals surface area contributed by atoms with Crippen molar-refractivity contribution in [2.75, 3.05) is 0 Å². The molecule has 0 spiro atoms. The van der Waals surface area contributed by atoms with E-state index in [2.05, 4.69) is 10.6 Å². The second-order valence-electron chi connectivity index (χ2n) is 8.34. The fourth-order valence-electron chi connectivity index (χ4n) is 3.14. The summed E-state index contributed by atoms with van der Waals surface area (Å²) in [5.41, 5.74) is 16.8. The maximum atomic E-state index is 12.9. The molecule has 12 N–H and O–H groups in total. The Hall–Kier alpha value is -4.24. The molecular formula is C22H32N6O9. The summed E-state index contributed by atoms with van der Waals surface area (Å²) in [5.74, 6) is -6.26.